The maximum absolute atomic E-state index is 13.2. The van der Waals surface area contributed by atoms with Gasteiger partial charge in [-0.05, 0) is 56.2 Å². The van der Waals surface area contributed by atoms with Crippen molar-refractivity contribution in [2.24, 2.45) is 5.92 Å². The van der Waals surface area contributed by atoms with Gasteiger partial charge in [0, 0.05) is 24.3 Å². The van der Waals surface area contributed by atoms with E-state index in [2.05, 4.69) is 10.3 Å². The highest BCUT2D eigenvalue weighted by molar-refractivity contribution is 7.17. The molecule has 1 N–H and O–H groups in total. The summed E-state index contributed by atoms with van der Waals surface area (Å²) in [6, 6.07) is 15.4. The van der Waals surface area contributed by atoms with Gasteiger partial charge in [0.05, 0.1) is 11.6 Å². The molecule has 1 fully saturated rings. The van der Waals surface area contributed by atoms with E-state index in [1.54, 1.807) is 24.0 Å². The molecule has 1 aliphatic rings. The fraction of sp³-hybridized carbons (Fsp3) is 0.261. The number of para-hydroxylation sites is 1. The number of aryl methyl sites for hydroxylation is 1. The largest absolute Gasteiger partial charge is 0.337 e. The van der Waals surface area contributed by atoms with Crippen LogP contribution in [0.2, 0.25) is 0 Å². The van der Waals surface area contributed by atoms with Gasteiger partial charge in [-0.1, -0.05) is 18.2 Å². The first-order valence-corrected chi connectivity index (χ1v) is 10.7. The Kier molecular flexibility index (Phi) is 5.90. The summed E-state index contributed by atoms with van der Waals surface area (Å²) in [5.41, 5.74) is 2.19. The molecule has 4 rings (SSSR count). The van der Waals surface area contributed by atoms with Gasteiger partial charge in [-0.2, -0.15) is 0 Å². The molecule has 1 aliphatic heterocycles. The van der Waals surface area contributed by atoms with Crippen LogP contribution in [0.15, 0.2) is 54.6 Å². The lowest BCUT2D eigenvalue weighted by Crippen LogP contribution is -2.43. The number of rotatable bonds is 4. The molecule has 154 valence electrons. The van der Waals surface area contributed by atoms with Crippen LogP contribution in [-0.2, 0) is 4.79 Å². The van der Waals surface area contributed by atoms with Crippen molar-refractivity contribution in [1.29, 1.82) is 0 Å². The zero-order chi connectivity index (χ0) is 21.1. The molecular formula is C23H22FN3O2S. The lowest BCUT2D eigenvalue weighted by molar-refractivity contribution is -0.121. The molecule has 1 aromatic heterocycles. The van der Waals surface area contributed by atoms with E-state index in [0.29, 0.717) is 28.7 Å². The third-order valence-electron chi connectivity index (χ3n) is 5.20. The van der Waals surface area contributed by atoms with Crippen molar-refractivity contribution in [2.45, 2.75) is 19.8 Å². The molecule has 1 saturated heterocycles. The zero-order valence-corrected chi connectivity index (χ0v) is 17.4. The zero-order valence-electron chi connectivity index (χ0n) is 16.6. The number of nitrogens with one attached hydrogen (secondary N) is 1. The number of hydrogen-bond acceptors (Lipinski definition) is 4. The van der Waals surface area contributed by atoms with Crippen LogP contribution in [0.1, 0.15) is 28.2 Å². The number of benzene rings is 2. The number of likely N-dealkylation sites (tertiary alicyclic amines) is 1. The Bertz CT molecular complexity index is 1050. The smallest absolute Gasteiger partial charge is 0.265 e. The van der Waals surface area contributed by atoms with Crippen LogP contribution >= 0.6 is 11.3 Å². The summed E-state index contributed by atoms with van der Waals surface area (Å²) in [4.78, 5) is 32.6. The Morgan fingerprint density at radius 1 is 1.13 bits per heavy atom. The third kappa shape index (κ3) is 4.41. The SMILES string of the molecule is Cc1nc(-c2ccc(F)cc2)sc1C(=O)N1CCCC(C(=O)Nc2ccccc2)C1. The van der Waals surface area contributed by atoms with E-state index in [0.717, 1.165) is 24.1 Å². The number of piperidine rings is 1. The molecule has 0 bridgehead atoms. The second-order valence-corrected chi connectivity index (χ2v) is 8.39. The highest BCUT2D eigenvalue weighted by Crippen LogP contribution is 2.30. The van der Waals surface area contributed by atoms with E-state index in [1.165, 1.54) is 23.5 Å². The first kappa shape index (κ1) is 20.2. The Balaban J connectivity index is 1.46. The van der Waals surface area contributed by atoms with Crippen LogP contribution in [0, 0.1) is 18.7 Å². The summed E-state index contributed by atoms with van der Waals surface area (Å²) in [5.74, 6) is -0.716. The van der Waals surface area contributed by atoms with E-state index in [9.17, 15) is 14.0 Å². The highest BCUT2D eigenvalue weighted by Gasteiger charge is 2.30. The van der Waals surface area contributed by atoms with Gasteiger partial charge in [0.2, 0.25) is 5.91 Å². The number of halogens is 1. The minimum Gasteiger partial charge on any atom is -0.337 e. The molecular weight excluding hydrogens is 401 g/mol. The fourth-order valence-electron chi connectivity index (χ4n) is 3.60. The van der Waals surface area contributed by atoms with Gasteiger partial charge in [0.25, 0.3) is 5.91 Å². The van der Waals surface area contributed by atoms with Crippen molar-refractivity contribution in [3.63, 3.8) is 0 Å². The molecule has 1 atom stereocenters. The van der Waals surface area contributed by atoms with E-state index in [4.69, 9.17) is 0 Å². The van der Waals surface area contributed by atoms with Crippen LogP contribution in [0.25, 0.3) is 10.6 Å². The average Bonchev–Trinajstić information content (AvgIpc) is 3.16. The Morgan fingerprint density at radius 3 is 2.60 bits per heavy atom. The predicted octanol–water partition coefficient (Wildman–Crippen LogP) is 4.75. The van der Waals surface area contributed by atoms with Crippen LogP contribution in [-0.4, -0.2) is 34.8 Å². The second kappa shape index (κ2) is 8.75. The number of carbonyl (C=O) groups is 2. The van der Waals surface area contributed by atoms with Crippen LogP contribution in [0.5, 0.6) is 0 Å². The minimum atomic E-state index is -0.309. The molecule has 3 aromatic rings. The lowest BCUT2D eigenvalue weighted by atomic mass is 9.96. The maximum atomic E-state index is 13.2. The molecule has 30 heavy (non-hydrogen) atoms. The number of thiazole rings is 1. The lowest BCUT2D eigenvalue weighted by Gasteiger charge is -2.31. The predicted molar refractivity (Wildman–Crippen MR) is 116 cm³/mol. The van der Waals surface area contributed by atoms with E-state index >= 15 is 0 Å². The monoisotopic (exact) mass is 423 g/mol. The van der Waals surface area contributed by atoms with Gasteiger partial charge in [-0.3, -0.25) is 9.59 Å². The normalized spacial score (nSPS) is 16.3. The molecule has 7 heteroatoms. The number of amides is 2. The molecule has 0 saturated carbocycles. The summed E-state index contributed by atoms with van der Waals surface area (Å²) >= 11 is 1.31. The molecule has 1 unspecified atom stereocenters. The van der Waals surface area contributed by atoms with Gasteiger partial charge in [-0.25, -0.2) is 9.37 Å². The summed E-state index contributed by atoms with van der Waals surface area (Å²) < 4.78 is 13.2. The topological polar surface area (TPSA) is 62.3 Å². The summed E-state index contributed by atoms with van der Waals surface area (Å²) in [6.45, 7) is 2.82. The van der Waals surface area contributed by atoms with Gasteiger partial charge >= 0.3 is 0 Å². The van der Waals surface area contributed by atoms with Crippen LogP contribution in [0.4, 0.5) is 10.1 Å². The van der Waals surface area contributed by atoms with Gasteiger partial charge in [0.1, 0.15) is 15.7 Å². The molecule has 0 aliphatic carbocycles. The molecule has 0 radical (unpaired) electrons. The molecule has 2 amide bonds. The molecule has 2 aromatic carbocycles. The van der Waals surface area contributed by atoms with Crippen LogP contribution < -0.4 is 5.32 Å². The Hall–Kier alpha value is -3.06. The van der Waals surface area contributed by atoms with Gasteiger partial charge in [0.15, 0.2) is 0 Å². The standard InChI is InChI=1S/C23H22FN3O2S/c1-15-20(30-22(25-15)16-9-11-18(24)12-10-16)23(29)27-13-5-6-17(14-27)21(28)26-19-7-3-2-4-8-19/h2-4,7-12,17H,5-6,13-14H2,1H3,(H,26,28). The Labute approximate surface area is 178 Å². The van der Waals surface area contributed by atoms with E-state index < -0.39 is 0 Å². The third-order valence-corrected chi connectivity index (χ3v) is 6.40. The van der Waals surface area contributed by atoms with Crippen LogP contribution in [0.3, 0.4) is 0 Å². The summed E-state index contributed by atoms with van der Waals surface area (Å²) in [6.07, 6.45) is 1.53. The molecule has 0 spiro atoms. The number of nitrogens with zero attached hydrogens (tertiary/aromatic N) is 2. The van der Waals surface area contributed by atoms with Crippen molar-refractivity contribution in [3.05, 3.63) is 71.0 Å². The number of aromatic nitrogens is 1. The number of anilines is 1. The van der Waals surface area contributed by atoms with Gasteiger partial charge in [-0.15, -0.1) is 11.3 Å². The molecule has 2 heterocycles. The van der Waals surface area contributed by atoms with Crippen molar-refractivity contribution >= 4 is 28.8 Å². The van der Waals surface area contributed by atoms with Crippen molar-refractivity contribution < 1.29 is 14.0 Å². The highest BCUT2D eigenvalue weighted by atomic mass is 32.1. The second-order valence-electron chi connectivity index (χ2n) is 7.39. The average molecular weight is 424 g/mol. The first-order valence-electron chi connectivity index (χ1n) is 9.90. The quantitative estimate of drug-likeness (QED) is 0.659. The minimum absolute atomic E-state index is 0.0632. The number of hydrogen-bond donors (Lipinski definition) is 1. The van der Waals surface area contributed by atoms with Gasteiger partial charge < -0.3 is 10.2 Å². The molecule has 5 nitrogen and oxygen atoms in total. The van der Waals surface area contributed by atoms with Crippen molar-refractivity contribution in [2.75, 3.05) is 18.4 Å². The first-order chi connectivity index (χ1) is 14.5. The summed E-state index contributed by atoms with van der Waals surface area (Å²) in [7, 11) is 0. The van der Waals surface area contributed by atoms with Crippen molar-refractivity contribution in [3.8, 4) is 10.6 Å². The number of carbonyl (C=O) groups excluding carboxylic acids is 2. The fourth-order valence-corrected chi connectivity index (χ4v) is 4.64. The van der Waals surface area contributed by atoms with Crippen molar-refractivity contribution in [1.82, 2.24) is 9.88 Å². The van der Waals surface area contributed by atoms with E-state index in [-0.39, 0.29) is 23.5 Å². The van der Waals surface area contributed by atoms with E-state index in [1.807, 2.05) is 30.3 Å². The Morgan fingerprint density at radius 2 is 1.87 bits per heavy atom. The maximum Gasteiger partial charge on any atom is 0.265 e. The summed E-state index contributed by atoms with van der Waals surface area (Å²) in [5, 5.41) is 3.62.